The lowest BCUT2D eigenvalue weighted by Crippen LogP contribution is -2.45. The molecule has 3 N–H and O–H groups in total. The number of benzene rings is 2. The molecule has 9 heteroatoms. The molecule has 0 saturated carbocycles. The summed E-state index contributed by atoms with van der Waals surface area (Å²) in [6, 6.07) is 16.8. The Morgan fingerprint density at radius 1 is 0.844 bits per heavy atom. The Morgan fingerprint density at radius 3 is 2.31 bits per heavy atom. The zero-order chi connectivity index (χ0) is 31.4. The van der Waals surface area contributed by atoms with Crippen molar-refractivity contribution >= 4 is 11.8 Å². The van der Waals surface area contributed by atoms with E-state index in [-0.39, 0.29) is 30.6 Å². The molecule has 246 valence electrons. The molecule has 3 aliphatic heterocycles. The monoisotopic (exact) mass is 620 g/mol. The van der Waals surface area contributed by atoms with E-state index in [1.165, 1.54) is 45.7 Å². The normalized spacial score (nSPS) is 24.1. The van der Waals surface area contributed by atoms with E-state index >= 15 is 0 Å². The third kappa shape index (κ3) is 10.3. The maximum atomic E-state index is 12.3. The lowest BCUT2D eigenvalue weighted by molar-refractivity contribution is -0.253. The summed E-state index contributed by atoms with van der Waals surface area (Å²) in [4.78, 5) is 28.6. The molecule has 0 spiro atoms. The third-order valence-corrected chi connectivity index (χ3v) is 9.42. The van der Waals surface area contributed by atoms with Crippen molar-refractivity contribution in [1.29, 1.82) is 0 Å². The van der Waals surface area contributed by atoms with E-state index in [0.29, 0.717) is 25.6 Å². The van der Waals surface area contributed by atoms with Crippen LogP contribution in [0.3, 0.4) is 0 Å². The Hall–Kier alpha value is -2.82. The van der Waals surface area contributed by atoms with Gasteiger partial charge in [-0.05, 0) is 74.8 Å². The van der Waals surface area contributed by atoms with E-state index in [9.17, 15) is 14.7 Å². The quantitative estimate of drug-likeness (QED) is 0.250. The van der Waals surface area contributed by atoms with E-state index in [4.69, 9.17) is 9.47 Å². The third-order valence-electron chi connectivity index (χ3n) is 9.42. The van der Waals surface area contributed by atoms with Crippen molar-refractivity contribution in [2.75, 3.05) is 39.3 Å². The molecule has 5 rings (SSSR count). The maximum absolute atomic E-state index is 12.3. The van der Waals surface area contributed by atoms with Gasteiger partial charge in [-0.1, -0.05) is 55.0 Å². The van der Waals surface area contributed by atoms with Gasteiger partial charge in [-0.3, -0.25) is 14.5 Å². The Balaban J connectivity index is 1.17. The zero-order valence-electron chi connectivity index (χ0n) is 26.9. The summed E-state index contributed by atoms with van der Waals surface area (Å²) in [6.07, 6.45) is 8.48. The van der Waals surface area contributed by atoms with Crippen LogP contribution in [0.1, 0.15) is 99.4 Å². The standard InChI is InChI=1S/C36H52N4O5/c1-27(42)37-18-4-2-3-9-35(43)38-23-28-10-16-31(17-11-28)36-44-33(22-34(45-36)30-14-12-29(26-41)13-15-30)25-40-21-7-8-32(40)24-39-19-5-6-20-39/h10-17,32-34,36,41H,2-9,18-26H2,1H3,(H,37,42)(H,38,43)/t32-,33+,34-,36-/m0/s1. The van der Waals surface area contributed by atoms with Gasteiger partial charge in [-0.2, -0.15) is 0 Å². The fourth-order valence-corrected chi connectivity index (χ4v) is 6.83. The Kier molecular flexibility index (Phi) is 12.8. The fraction of sp³-hybridized carbons (Fsp3) is 0.611. The number of nitrogens with one attached hydrogen (secondary N) is 2. The summed E-state index contributed by atoms with van der Waals surface area (Å²) in [5.41, 5.74) is 4.00. The SMILES string of the molecule is CC(=O)NCCCCCC(=O)NCc1ccc([C@H]2O[C@@H](CN3CCC[C@H]3CN3CCCC3)C[C@@H](c3ccc(CO)cc3)O2)cc1. The number of nitrogens with zero attached hydrogens (tertiary/aromatic N) is 2. The molecule has 45 heavy (non-hydrogen) atoms. The molecule has 2 aromatic rings. The average molecular weight is 621 g/mol. The van der Waals surface area contributed by atoms with Crippen LogP contribution in [0.5, 0.6) is 0 Å². The molecule has 2 aromatic carbocycles. The summed E-state index contributed by atoms with van der Waals surface area (Å²) in [5.74, 6) is 0.0254. The zero-order valence-corrected chi connectivity index (χ0v) is 26.9. The molecule has 3 heterocycles. The number of ether oxygens (including phenoxy) is 2. The number of likely N-dealkylation sites (tertiary alicyclic amines) is 2. The van der Waals surface area contributed by atoms with E-state index in [0.717, 1.165) is 67.6 Å². The molecule has 0 aliphatic carbocycles. The molecule has 0 aromatic heterocycles. The summed E-state index contributed by atoms with van der Waals surface area (Å²) in [6.45, 7) is 8.33. The number of aliphatic hydroxyl groups is 1. The van der Waals surface area contributed by atoms with Crippen LogP contribution in [0, 0.1) is 0 Å². The summed E-state index contributed by atoms with van der Waals surface area (Å²) < 4.78 is 13.2. The maximum Gasteiger partial charge on any atom is 0.220 e. The van der Waals surface area contributed by atoms with Gasteiger partial charge in [-0.25, -0.2) is 0 Å². The van der Waals surface area contributed by atoms with E-state index in [1.54, 1.807) is 0 Å². The summed E-state index contributed by atoms with van der Waals surface area (Å²) in [5, 5.41) is 15.3. The predicted octanol–water partition coefficient (Wildman–Crippen LogP) is 4.60. The number of hydrogen-bond donors (Lipinski definition) is 3. The molecule has 2 amide bonds. The average Bonchev–Trinajstić information content (AvgIpc) is 3.74. The van der Waals surface area contributed by atoms with Crippen molar-refractivity contribution in [3.05, 3.63) is 70.8 Å². The first-order chi connectivity index (χ1) is 22.0. The highest BCUT2D eigenvalue weighted by Crippen LogP contribution is 2.39. The second-order valence-electron chi connectivity index (χ2n) is 13.0. The highest BCUT2D eigenvalue weighted by Gasteiger charge is 2.36. The molecular weight excluding hydrogens is 568 g/mol. The van der Waals surface area contributed by atoms with E-state index in [1.807, 2.05) is 24.3 Å². The second-order valence-corrected chi connectivity index (χ2v) is 13.0. The highest BCUT2D eigenvalue weighted by molar-refractivity contribution is 5.75. The first-order valence-corrected chi connectivity index (χ1v) is 17.0. The Bertz CT molecular complexity index is 1200. The summed E-state index contributed by atoms with van der Waals surface area (Å²) >= 11 is 0. The van der Waals surface area contributed by atoms with Crippen LogP contribution >= 0.6 is 0 Å². The number of carbonyl (C=O) groups excluding carboxylic acids is 2. The van der Waals surface area contributed by atoms with Crippen LogP contribution in [0.4, 0.5) is 0 Å². The van der Waals surface area contributed by atoms with Gasteiger partial charge in [0.15, 0.2) is 6.29 Å². The molecule has 3 aliphatic rings. The minimum Gasteiger partial charge on any atom is -0.392 e. The first-order valence-electron chi connectivity index (χ1n) is 17.0. The fourth-order valence-electron chi connectivity index (χ4n) is 6.83. The van der Waals surface area contributed by atoms with Gasteiger partial charge >= 0.3 is 0 Å². The van der Waals surface area contributed by atoms with Gasteiger partial charge in [-0.15, -0.1) is 0 Å². The smallest absolute Gasteiger partial charge is 0.220 e. The number of carbonyl (C=O) groups is 2. The van der Waals surface area contributed by atoms with Gasteiger partial charge in [0.05, 0.1) is 18.8 Å². The van der Waals surface area contributed by atoms with Crippen molar-refractivity contribution < 1.29 is 24.2 Å². The minimum absolute atomic E-state index is 0.0166. The molecular formula is C36H52N4O5. The number of aliphatic hydroxyl groups excluding tert-OH is 1. The van der Waals surface area contributed by atoms with E-state index in [2.05, 4.69) is 44.7 Å². The van der Waals surface area contributed by atoms with E-state index < -0.39 is 6.29 Å². The van der Waals surface area contributed by atoms with Crippen LogP contribution in [0.25, 0.3) is 0 Å². The van der Waals surface area contributed by atoms with Gasteiger partial charge in [0, 0.05) is 57.5 Å². The Morgan fingerprint density at radius 2 is 1.58 bits per heavy atom. The minimum atomic E-state index is -0.480. The molecule has 0 radical (unpaired) electrons. The molecule has 0 bridgehead atoms. The van der Waals surface area contributed by atoms with Gasteiger partial charge in [0.1, 0.15) is 0 Å². The number of hydrogen-bond acceptors (Lipinski definition) is 7. The Labute approximate surface area is 268 Å². The van der Waals surface area contributed by atoms with Crippen molar-refractivity contribution in [3.63, 3.8) is 0 Å². The van der Waals surface area contributed by atoms with Crippen molar-refractivity contribution in [1.82, 2.24) is 20.4 Å². The highest BCUT2D eigenvalue weighted by atomic mass is 16.7. The van der Waals surface area contributed by atoms with Crippen molar-refractivity contribution in [2.45, 2.75) is 102 Å². The molecule has 9 nitrogen and oxygen atoms in total. The van der Waals surface area contributed by atoms with Crippen LogP contribution < -0.4 is 10.6 Å². The first kappa shape index (κ1) is 33.5. The lowest BCUT2D eigenvalue weighted by Gasteiger charge is -2.39. The van der Waals surface area contributed by atoms with Crippen LogP contribution in [0.2, 0.25) is 0 Å². The second kappa shape index (κ2) is 17.2. The van der Waals surface area contributed by atoms with Gasteiger partial charge in [0.25, 0.3) is 0 Å². The molecule has 0 unspecified atom stereocenters. The number of amides is 2. The van der Waals surface area contributed by atoms with Crippen LogP contribution in [-0.4, -0.2) is 78.1 Å². The molecule has 3 fully saturated rings. The predicted molar refractivity (Wildman–Crippen MR) is 174 cm³/mol. The lowest BCUT2D eigenvalue weighted by atomic mass is 9.99. The van der Waals surface area contributed by atoms with Gasteiger partial charge in [0.2, 0.25) is 11.8 Å². The molecule has 3 saturated heterocycles. The van der Waals surface area contributed by atoms with Crippen LogP contribution in [-0.2, 0) is 32.2 Å². The topological polar surface area (TPSA) is 103 Å². The van der Waals surface area contributed by atoms with Crippen molar-refractivity contribution in [2.24, 2.45) is 0 Å². The largest absolute Gasteiger partial charge is 0.392 e. The molecule has 4 atom stereocenters. The van der Waals surface area contributed by atoms with Crippen LogP contribution in [0.15, 0.2) is 48.5 Å². The number of rotatable bonds is 15. The van der Waals surface area contributed by atoms with Crippen molar-refractivity contribution in [3.8, 4) is 0 Å². The number of unbranched alkanes of at least 4 members (excludes halogenated alkanes) is 2. The summed E-state index contributed by atoms with van der Waals surface area (Å²) in [7, 11) is 0. The van der Waals surface area contributed by atoms with Gasteiger partial charge < -0.3 is 30.1 Å².